The topological polar surface area (TPSA) is 52.6 Å². The average molecular weight is 552 g/mol. The summed E-state index contributed by atoms with van der Waals surface area (Å²) in [6.45, 7) is 1.99. The number of amides is 1. The summed E-state index contributed by atoms with van der Waals surface area (Å²) in [4.78, 5) is 15.4. The van der Waals surface area contributed by atoms with Crippen LogP contribution in [-0.2, 0) is 12.8 Å². The molecule has 1 amide bonds. The van der Waals surface area contributed by atoms with Crippen molar-refractivity contribution in [1.82, 2.24) is 4.90 Å². The number of nitrogens with zero attached hydrogens (tertiary/aromatic N) is 1. The van der Waals surface area contributed by atoms with Gasteiger partial charge in [-0.05, 0) is 95.8 Å². The third-order valence-electron chi connectivity index (χ3n) is 7.20. The fraction of sp³-hybridized carbons (Fsp3) is 0.321. The van der Waals surface area contributed by atoms with E-state index in [1.165, 1.54) is 5.56 Å². The van der Waals surface area contributed by atoms with Crippen LogP contribution >= 0.6 is 22.6 Å². The Morgan fingerprint density at radius 2 is 1.64 bits per heavy atom. The molecule has 1 aliphatic carbocycles. The Balaban J connectivity index is 1.31. The highest BCUT2D eigenvalue weighted by molar-refractivity contribution is 14.1. The number of benzene rings is 3. The molecular formula is C28H29IN2O2. The SMILES string of the molecule is O=C(Nc1cccc2c1C[C@H](N1CCC(c3ccccc3)CC1)[C@@H](O)C2)c1ccccc1I. The van der Waals surface area contributed by atoms with Gasteiger partial charge in [0.05, 0.1) is 11.7 Å². The summed E-state index contributed by atoms with van der Waals surface area (Å²) in [6, 6.07) is 24.5. The Bertz CT molecular complexity index is 1130. The van der Waals surface area contributed by atoms with Crippen molar-refractivity contribution in [3.8, 4) is 0 Å². The molecule has 1 saturated heterocycles. The summed E-state index contributed by atoms with van der Waals surface area (Å²) in [5.74, 6) is 0.512. The Kier molecular flexibility index (Phi) is 6.81. The molecule has 3 aromatic carbocycles. The molecule has 0 saturated carbocycles. The molecule has 1 fully saturated rings. The number of aliphatic hydroxyl groups is 1. The van der Waals surface area contributed by atoms with Crippen LogP contribution in [0, 0.1) is 3.57 Å². The van der Waals surface area contributed by atoms with Crippen molar-refractivity contribution in [1.29, 1.82) is 0 Å². The average Bonchev–Trinajstić information content (AvgIpc) is 2.85. The van der Waals surface area contributed by atoms with E-state index in [0.717, 1.165) is 52.7 Å². The van der Waals surface area contributed by atoms with Crippen LogP contribution in [0.4, 0.5) is 5.69 Å². The summed E-state index contributed by atoms with van der Waals surface area (Å²) in [5.41, 5.74) is 5.28. The summed E-state index contributed by atoms with van der Waals surface area (Å²) < 4.78 is 0.937. The minimum absolute atomic E-state index is 0.0836. The third kappa shape index (κ3) is 4.86. The molecule has 0 unspecified atom stereocenters. The lowest BCUT2D eigenvalue weighted by molar-refractivity contribution is 0.0296. The first-order valence-corrected chi connectivity index (χ1v) is 12.8. The van der Waals surface area contributed by atoms with E-state index in [1.54, 1.807) is 0 Å². The molecule has 0 radical (unpaired) electrons. The molecule has 170 valence electrons. The van der Waals surface area contributed by atoms with Crippen molar-refractivity contribution < 1.29 is 9.90 Å². The van der Waals surface area contributed by atoms with Crippen molar-refractivity contribution in [2.24, 2.45) is 0 Å². The molecule has 5 heteroatoms. The predicted molar refractivity (Wildman–Crippen MR) is 141 cm³/mol. The monoisotopic (exact) mass is 552 g/mol. The molecule has 5 rings (SSSR count). The molecule has 33 heavy (non-hydrogen) atoms. The zero-order valence-corrected chi connectivity index (χ0v) is 20.7. The van der Waals surface area contributed by atoms with E-state index in [-0.39, 0.29) is 18.1 Å². The molecule has 0 spiro atoms. The molecule has 1 aliphatic heterocycles. The predicted octanol–water partition coefficient (Wildman–Crippen LogP) is 5.25. The zero-order valence-electron chi connectivity index (χ0n) is 18.6. The van der Waals surface area contributed by atoms with E-state index in [2.05, 4.69) is 69.2 Å². The number of halogens is 1. The third-order valence-corrected chi connectivity index (χ3v) is 8.14. The van der Waals surface area contributed by atoms with Gasteiger partial charge in [0.25, 0.3) is 5.91 Å². The van der Waals surface area contributed by atoms with Crippen LogP contribution < -0.4 is 5.32 Å². The van der Waals surface area contributed by atoms with Crippen molar-refractivity contribution in [2.75, 3.05) is 18.4 Å². The minimum atomic E-state index is -0.383. The van der Waals surface area contributed by atoms with Gasteiger partial charge < -0.3 is 10.4 Å². The van der Waals surface area contributed by atoms with Gasteiger partial charge in [-0.1, -0.05) is 54.6 Å². The molecule has 0 bridgehead atoms. The lowest BCUT2D eigenvalue weighted by Crippen LogP contribution is -2.51. The molecule has 2 N–H and O–H groups in total. The van der Waals surface area contributed by atoms with E-state index in [4.69, 9.17) is 0 Å². The molecule has 0 aromatic heterocycles. The largest absolute Gasteiger partial charge is 0.391 e. The quantitative estimate of drug-likeness (QED) is 0.435. The molecule has 2 atom stereocenters. The van der Waals surface area contributed by atoms with Crippen molar-refractivity contribution in [2.45, 2.75) is 43.7 Å². The number of likely N-dealkylation sites (tertiary alicyclic amines) is 1. The summed E-state index contributed by atoms with van der Waals surface area (Å²) >= 11 is 2.20. The number of fused-ring (bicyclic) bond motifs is 1. The molecular weight excluding hydrogens is 523 g/mol. The first kappa shape index (κ1) is 22.6. The number of rotatable bonds is 4. The molecule has 2 aliphatic rings. The van der Waals surface area contributed by atoms with E-state index in [1.807, 2.05) is 36.4 Å². The second-order valence-corrected chi connectivity index (χ2v) is 10.3. The first-order chi connectivity index (χ1) is 16.1. The van der Waals surface area contributed by atoms with Gasteiger partial charge in [-0.3, -0.25) is 9.69 Å². The van der Waals surface area contributed by atoms with Crippen molar-refractivity contribution in [3.63, 3.8) is 0 Å². The van der Waals surface area contributed by atoms with E-state index >= 15 is 0 Å². The lowest BCUT2D eigenvalue weighted by atomic mass is 9.82. The van der Waals surface area contributed by atoms with E-state index in [0.29, 0.717) is 17.9 Å². The second-order valence-electron chi connectivity index (χ2n) is 9.14. The van der Waals surface area contributed by atoms with Crippen LogP contribution in [0.15, 0.2) is 72.8 Å². The summed E-state index contributed by atoms with van der Waals surface area (Å²) in [7, 11) is 0. The number of piperidine rings is 1. The molecule has 4 nitrogen and oxygen atoms in total. The Morgan fingerprint density at radius 3 is 2.39 bits per heavy atom. The number of hydrogen-bond acceptors (Lipinski definition) is 3. The van der Waals surface area contributed by atoms with Gasteiger partial charge >= 0.3 is 0 Å². The maximum absolute atomic E-state index is 13.0. The number of nitrogens with one attached hydrogen (secondary N) is 1. The van der Waals surface area contributed by atoms with E-state index in [9.17, 15) is 9.90 Å². The van der Waals surface area contributed by atoms with Gasteiger partial charge in [-0.25, -0.2) is 0 Å². The summed E-state index contributed by atoms with van der Waals surface area (Å²) in [5, 5.41) is 14.2. The Labute approximate surface area is 209 Å². The highest BCUT2D eigenvalue weighted by Gasteiger charge is 2.35. The number of aliphatic hydroxyl groups excluding tert-OH is 1. The maximum atomic E-state index is 13.0. The number of carbonyl (C=O) groups excluding carboxylic acids is 1. The van der Waals surface area contributed by atoms with Crippen LogP contribution in [-0.4, -0.2) is 41.1 Å². The van der Waals surface area contributed by atoms with Crippen LogP contribution in [0.2, 0.25) is 0 Å². The van der Waals surface area contributed by atoms with Gasteiger partial charge in [0.1, 0.15) is 0 Å². The Hall–Kier alpha value is -2.22. The lowest BCUT2D eigenvalue weighted by Gasteiger charge is -2.42. The highest BCUT2D eigenvalue weighted by atomic mass is 127. The van der Waals surface area contributed by atoms with Crippen LogP contribution in [0.1, 0.15) is 45.8 Å². The fourth-order valence-electron chi connectivity index (χ4n) is 5.39. The van der Waals surface area contributed by atoms with Gasteiger partial charge in [0.15, 0.2) is 0 Å². The first-order valence-electron chi connectivity index (χ1n) is 11.7. The smallest absolute Gasteiger partial charge is 0.256 e. The van der Waals surface area contributed by atoms with Crippen molar-refractivity contribution >= 4 is 34.2 Å². The molecule has 3 aromatic rings. The van der Waals surface area contributed by atoms with Crippen LogP contribution in [0.5, 0.6) is 0 Å². The Morgan fingerprint density at radius 1 is 0.909 bits per heavy atom. The molecule has 1 heterocycles. The number of hydrogen-bond donors (Lipinski definition) is 2. The highest BCUT2D eigenvalue weighted by Crippen LogP contribution is 2.34. The van der Waals surface area contributed by atoms with E-state index < -0.39 is 0 Å². The standard InChI is InChI=1S/C28H29IN2O2/c29-24-11-5-4-10-22(24)28(33)30-25-12-6-9-21-17-27(32)26(18-23(21)25)31-15-13-20(14-16-31)19-7-2-1-3-8-19/h1-12,20,26-27,32H,13-18H2,(H,30,33)/t26-,27-/m0/s1. The summed E-state index contributed by atoms with van der Waals surface area (Å²) in [6.07, 6.45) is 3.24. The van der Waals surface area contributed by atoms with Gasteiger partial charge in [-0.15, -0.1) is 0 Å². The fourth-order valence-corrected chi connectivity index (χ4v) is 6.02. The maximum Gasteiger partial charge on any atom is 0.256 e. The van der Waals surface area contributed by atoms with Gasteiger partial charge in [-0.2, -0.15) is 0 Å². The normalized spacial score (nSPS) is 21.4. The number of anilines is 1. The van der Waals surface area contributed by atoms with Crippen LogP contribution in [0.3, 0.4) is 0 Å². The number of carbonyl (C=O) groups is 1. The second kappa shape index (κ2) is 9.95. The van der Waals surface area contributed by atoms with Crippen LogP contribution in [0.25, 0.3) is 0 Å². The zero-order chi connectivity index (χ0) is 22.8. The van der Waals surface area contributed by atoms with Gasteiger partial charge in [0, 0.05) is 21.7 Å². The minimum Gasteiger partial charge on any atom is -0.391 e. The van der Waals surface area contributed by atoms with Crippen molar-refractivity contribution in [3.05, 3.63) is 98.6 Å². The van der Waals surface area contributed by atoms with Gasteiger partial charge in [0.2, 0.25) is 0 Å².